The van der Waals surface area contributed by atoms with Crippen LogP contribution >= 0.6 is 0 Å². The van der Waals surface area contributed by atoms with Crippen LogP contribution in [-0.2, 0) is 15.9 Å². The number of allylic oxidation sites excluding steroid dienone is 1. The van der Waals surface area contributed by atoms with Crippen molar-refractivity contribution < 1.29 is 39.4 Å². The highest BCUT2D eigenvalue weighted by Crippen LogP contribution is 2.27. The Bertz CT molecular complexity index is 933. The van der Waals surface area contributed by atoms with Crippen LogP contribution in [0.25, 0.3) is 11.0 Å². The molecule has 0 saturated carbocycles. The lowest BCUT2D eigenvalue weighted by Crippen LogP contribution is -2.59. The van der Waals surface area contributed by atoms with Gasteiger partial charge in [-0.05, 0) is 31.5 Å². The van der Waals surface area contributed by atoms with Gasteiger partial charge in [0.1, 0.15) is 35.7 Å². The van der Waals surface area contributed by atoms with Gasteiger partial charge in [0.25, 0.3) is 0 Å². The Morgan fingerprint density at radius 3 is 2.59 bits per heavy atom. The largest absolute Gasteiger partial charge is 0.508 e. The lowest BCUT2D eigenvalue weighted by atomic mass is 9.99. The van der Waals surface area contributed by atoms with E-state index in [-0.39, 0.29) is 18.8 Å². The SMILES string of the molecule is C/C(=C\Cc1c(O)ccc2ccc(=O)oc12)COC1O[C@H](CO)[C@@H](O)[C@H](O)[C@H]1O. The van der Waals surface area contributed by atoms with Crippen molar-refractivity contribution in [3.63, 3.8) is 0 Å². The number of phenols is 1. The summed E-state index contributed by atoms with van der Waals surface area (Å²) in [5.74, 6) is -0.00856. The van der Waals surface area contributed by atoms with Gasteiger partial charge in [-0.25, -0.2) is 4.79 Å². The first-order chi connectivity index (χ1) is 13.8. The molecule has 158 valence electrons. The molecule has 3 rings (SSSR count). The molecule has 1 aromatic carbocycles. The third-order valence-corrected chi connectivity index (χ3v) is 4.85. The van der Waals surface area contributed by atoms with Gasteiger partial charge in [0.05, 0.1) is 13.2 Å². The average molecular weight is 408 g/mol. The minimum Gasteiger partial charge on any atom is -0.508 e. The van der Waals surface area contributed by atoms with E-state index in [1.165, 1.54) is 12.1 Å². The van der Waals surface area contributed by atoms with Crippen molar-refractivity contribution in [2.75, 3.05) is 13.2 Å². The summed E-state index contributed by atoms with van der Waals surface area (Å²) in [6.45, 7) is 1.24. The average Bonchev–Trinajstić information content (AvgIpc) is 2.70. The highest BCUT2D eigenvalue weighted by atomic mass is 16.7. The lowest BCUT2D eigenvalue weighted by molar-refractivity contribution is -0.299. The number of benzene rings is 1. The Labute approximate surface area is 166 Å². The molecule has 5 atom stereocenters. The normalized spacial score (nSPS) is 28.0. The maximum Gasteiger partial charge on any atom is 0.336 e. The summed E-state index contributed by atoms with van der Waals surface area (Å²) in [4.78, 5) is 11.5. The van der Waals surface area contributed by atoms with Gasteiger partial charge in [0.2, 0.25) is 0 Å². The van der Waals surface area contributed by atoms with Crippen LogP contribution in [0.15, 0.2) is 45.1 Å². The molecule has 1 aliphatic heterocycles. The molecule has 0 radical (unpaired) electrons. The standard InChI is InChI=1S/C20H24O9/c1-10(9-27-20-18(26)17(25)16(24)14(8-21)28-20)2-5-12-13(22)6-3-11-4-7-15(23)29-19(11)12/h2-4,6-7,14,16-18,20-22,24-26H,5,8-9H2,1H3/b10-2+/t14-,16-,17+,18-,20?/m1/s1. The Morgan fingerprint density at radius 2 is 1.86 bits per heavy atom. The number of rotatable bonds is 6. The predicted molar refractivity (Wildman–Crippen MR) is 101 cm³/mol. The highest BCUT2D eigenvalue weighted by molar-refractivity contribution is 5.82. The quantitative estimate of drug-likeness (QED) is 0.323. The van der Waals surface area contributed by atoms with Crippen LogP contribution in [0.4, 0.5) is 0 Å². The van der Waals surface area contributed by atoms with Crippen molar-refractivity contribution in [2.45, 2.75) is 44.1 Å². The number of aliphatic hydroxyl groups is 4. The van der Waals surface area contributed by atoms with E-state index in [9.17, 15) is 30.3 Å². The third kappa shape index (κ3) is 4.67. The molecule has 29 heavy (non-hydrogen) atoms. The first-order valence-corrected chi connectivity index (χ1v) is 9.14. The Kier molecular flexibility index (Phi) is 6.68. The number of fused-ring (bicyclic) bond motifs is 1. The van der Waals surface area contributed by atoms with E-state index < -0.39 is 42.9 Å². The second-order valence-corrected chi connectivity index (χ2v) is 7.00. The van der Waals surface area contributed by atoms with Gasteiger partial charge in [-0.2, -0.15) is 0 Å². The smallest absolute Gasteiger partial charge is 0.336 e. The fraction of sp³-hybridized carbons (Fsp3) is 0.450. The maximum atomic E-state index is 11.5. The summed E-state index contributed by atoms with van der Waals surface area (Å²) in [5.41, 5.74) is 0.955. The highest BCUT2D eigenvalue weighted by Gasteiger charge is 2.43. The van der Waals surface area contributed by atoms with Crippen LogP contribution in [0.5, 0.6) is 5.75 Å². The molecule has 5 N–H and O–H groups in total. The van der Waals surface area contributed by atoms with Crippen molar-refractivity contribution in [3.8, 4) is 5.75 Å². The molecule has 9 nitrogen and oxygen atoms in total. The minimum atomic E-state index is -1.51. The molecule has 2 aromatic rings. The molecule has 0 aliphatic carbocycles. The molecular weight excluding hydrogens is 384 g/mol. The first kappa shape index (κ1) is 21.4. The fourth-order valence-corrected chi connectivity index (χ4v) is 3.13. The maximum absolute atomic E-state index is 11.5. The number of ether oxygens (including phenoxy) is 2. The van der Waals surface area contributed by atoms with Crippen LogP contribution in [0.3, 0.4) is 0 Å². The minimum absolute atomic E-state index is 0.00856. The monoisotopic (exact) mass is 408 g/mol. The molecule has 0 spiro atoms. The van der Waals surface area contributed by atoms with Gasteiger partial charge < -0.3 is 39.4 Å². The number of phenolic OH excluding ortho intramolecular Hbond substituents is 1. The summed E-state index contributed by atoms with van der Waals surface area (Å²) in [5, 5.41) is 49.6. The molecule has 1 saturated heterocycles. The molecule has 1 aliphatic rings. The Balaban J connectivity index is 1.68. The second-order valence-electron chi connectivity index (χ2n) is 7.00. The molecule has 2 heterocycles. The summed E-state index contributed by atoms with van der Waals surface area (Å²) < 4.78 is 16.0. The summed E-state index contributed by atoms with van der Waals surface area (Å²) >= 11 is 0. The van der Waals surface area contributed by atoms with Crippen LogP contribution < -0.4 is 5.63 Å². The van der Waals surface area contributed by atoms with Gasteiger partial charge in [0, 0.05) is 17.0 Å². The molecule has 0 amide bonds. The zero-order valence-electron chi connectivity index (χ0n) is 15.8. The molecular formula is C20H24O9. The van der Waals surface area contributed by atoms with E-state index in [1.807, 2.05) is 0 Å². The van der Waals surface area contributed by atoms with E-state index in [4.69, 9.17) is 13.9 Å². The van der Waals surface area contributed by atoms with Crippen LogP contribution in [0.1, 0.15) is 12.5 Å². The summed E-state index contributed by atoms with van der Waals surface area (Å²) in [6, 6.07) is 6.09. The van der Waals surface area contributed by atoms with E-state index in [2.05, 4.69) is 0 Å². The molecule has 9 heteroatoms. The van der Waals surface area contributed by atoms with Crippen molar-refractivity contribution in [2.24, 2.45) is 0 Å². The van der Waals surface area contributed by atoms with Crippen molar-refractivity contribution in [1.29, 1.82) is 0 Å². The van der Waals surface area contributed by atoms with Crippen LogP contribution in [-0.4, -0.2) is 69.5 Å². The molecule has 1 unspecified atom stereocenters. The number of aliphatic hydroxyl groups excluding tert-OH is 4. The Morgan fingerprint density at radius 1 is 1.14 bits per heavy atom. The zero-order valence-corrected chi connectivity index (χ0v) is 15.8. The van der Waals surface area contributed by atoms with Gasteiger partial charge in [0.15, 0.2) is 6.29 Å². The van der Waals surface area contributed by atoms with Crippen LogP contribution in [0.2, 0.25) is 0 Å². The van der Waals surface area contributed by atoms with Gasteiger partial charge >= 0.3 is 5.63 Å². The van der Waals surface area contributed by atoms with Crippen molar-refractivity contribution in [3.05, 3.63) is 51.9 Å². The molecule has 1 fully saturated rings. The van der Waals surface area contributed by atoms with Crippen molar-refractivity contribution in [1.82, 2.24) is 0 Å². The predicted octanol–water partition coefficient (Wildman–Crippen LogP) is -0.196. The van der Waals surface area contributed by atoms with E-state index in [0.29, 0.717) is 16.5 Å². The van der Waals surface area contributed by atoms with E-state index >= 15 is 0 Å². The van der Waals surface area contributed by atoms with E-state index in [0.717, 1.165) is 5.57 Å². The van der Waals surface area contributed by atoms with Crippen LogP contribution in [0, 0.1) is 0 Å². The Hall–Kier alpha value is -2.27. The molecule has 1 aromatic heterocycles. The van der Waals surface area contributed by atoms with E-state index in [1.54, 1.807) is 25.1 Å². The lowest BCUT2D eigenvalue weighted by Gasteiger charge is -2.39. The second kappa shape index (κ2) is 9.04. The number of aromatic hydroxyl groups is 1. The summed E-state index contributed by atoms with van der Waals surface area (Å²) in [6.07, 6.45) is -4.68. The third-order valence-electron chi connectivity index (χ3n) is 4.85. The van der Waals surface area contributed by atoms with Gasteiger partial charge in [-0.3, -0.25) is 0 Å². The number of hydrogen-bond acceptors (Lipinski definition) is 9. The van der Waals surface area contributed by atoms with Crippen molar-refractivity contribution >= 4 is 11.0 Å². The topological polar surface area (TPSA) is 150 Å². The zero-order chi connectivity index (χ0) is 21.1. The number of hydrogen-bond donors (Lipinski definition) is 5. The van der Waals surface area contributed by atoms with Gasteiger partial charge in [-0.1, -0.05) is 11.6 Å². The fourth-order valence-electron chi connectivity index (χ4n) is 3.13. The first-order valence-electron chi connectivity index (χ1n) is 9.14. The summed E-state index contributed by atoms with van der Waals surface area (Å²) in [7, 11) is 0. The van der Waals surface area contributed by atoms with Gasteiger partial charge in [-0.15, -0.1) is 0 Å². The molecule has 0 bridgehead atoms.